The van der Waals surface area contributed by atoms with Crippen LogP contribution in [-0.4, -0.2) is 41.9 Å². The molecule has 1 rings (SSSR count). The number of thioether (sulfide) groups is 1. The third-order valence-corrected chi connectivity index (χ3v) is 4.10. The topological polar surface area (TPSA) is 33.1 Å². The summed E-state index contributed by atoms with van der Waals surface area (Å²) >= 11 is 1.90. The molecule has 0 spiro atoms. The summed E-state index contributed by atoms with van der Waals surface area (Å²) in [7, 11) is 6.19. The molecule has 0 aliphatic carbocycles. The molecule has 0 saturated carbocycles. The van der Waals surface area contributed by atoms with Crippen LogP contribution in [0.5, 0.6) is 0 Å². The van der Waals surface area contributed by atoms with Crippen LogP contribution in [0.3, 0.4) is 0 Å². The van der Waals surface area contributed by atoms with Gasteiger partial charge in [0.1, 0.15) is 5.82 Å². The van der Waals surface area contributed by atoms with Gasteiger partial charge in [-0.15, -0.1) is 0 Å². The monoisotopic (exact) mass is 270 g/mol. The van der Waals surface area contributed by atoms with Crippen LogP contribution < -0.4 is 10.2 Å². The molecule has 104 valence electrons. The van der Waals surface area contributed by atoms with Crippen molar-refractivity contribution in [1.29, 1.82) is 0 Å². The molecule has 5 heteroatoms. The van der Waals surface area contributed by atoms with Gasteiger partial charge in [0, 0.05) is 38.0 Å². The molecule has 0 aliphatic heterocycles. The maximum absolute atomic E-state index is 4.56. The predicted molar refractivity (Wildman–Crippen MR) is 81.6 cm³/mol. The molecule has 1 heterocycles. The molecule has 0 saturated heterocycles. The van der Waals surface area contributed by atoms with Crippen LogP contribution in [0.25, 0.3) is 0 Å². The number of aromatic nitrogens is 2. The van der Waals surface area contributed by atoms with Crippen molar-refractivity contribution in [3.8, 4) is 0 Å². The molecule has 1 aromatic heterocycles. The highest BCUT2D eigenvalue weighted by atomic mass is 32.2. The van der Waals surface area contributed by atoms with Gasteiger partial charge in [-0.25, -0.2) is 0 Å². The minimum atomic E-state index is 0.561. The van der Waals surface area contributed by atoms with Gasteiger partial charge in [0.2, 0.25) is 0 Å². The van der Waals surface area contributed by atoms with Gasteiger partial charge in [-0.1, -0.05) is 6.92 Å². The first-order valence-corrected chi connectivity index (χ1v) is 7.84. The van der Waals surface area contributed by atoms with Crippen molar-refractivity contribution in [2.45, 2.75) is 32.9 Å². The lowest BCUT2D eigenvalue weighted by atomic mass is 10.2. The third kappa shape index (κ3) is 3.20. The van der Waals surface area contributed by atoms with E-state index in [2.05, 4.69) is 42.5 Å². The van der Waals surface area contributed by atoms with Crippen molar-refractivity contribution in [2.75, 3.05) is 31.0 Å². The standard InChI is InChI=1S/C13H26N4S/c1-7-11(9-18-6)16(4)13-12(8-14-3)10(2)15-17(13)5/h11,14H,7-9H2,1-6H3. The van der Waals surface area contributed by atoms with E-state index in [0.29, 0.717) is 6.04 Å². The Morgan fingerprint density at radius 1 is 1.50 bits per heavy atom. The lowest BCUT2D eigenvalue weighted by Crippen LogP contribution is -2.35. The van der Waals surface area contributed by atoms with Gasteiger partial charge in [0.25, 0.3) is 0 Å². The number of nitrogens with one attached hydrogen (secondary N) is 1. The first-order chi connectivity index (χ1) is 8.56. The van der Waals surface area contributed by atoms with Gasteiger partial charge in [-0.05, 0) is 26.6 Å². The van der Waals surface area contributed by atoms with E-state index in [0.717, 1.165) is 24.4 Å². The van der Waals surface area contributed by atoms with Gasteiger partial charge in [-0.2, -0.15) is 16.9 Å². The van der Waals surface area contributed by atoms with Gasteiger partial charge >= 0.3 is 0 Å². The molecule has 1 atom stereocenters. The van der Waals surface area contributed by atoms with Crippen molar-refractivity contribution in [2.24, 2.45) is 7.05 Å². The molecule has 0 aliphatic rings. The molecule has 18 heavy (non-hydrogen) atoms. The second-order valence-electron chi connectivity index (χ2n) is 4.67. The Labute approximate surface area is 115 Å². The predicted octanol–water partition coefficient (Wildman–Crippen LogP) is 2.03. The number of hydrogen-bond acceptors (Lipinski definition) is 4. The highest BCUT2D eigenvalue weighted by Gasteiger charge is 2.21. The van der Waals surface area contributed by atoms with E-state index >= 15 is 0 Å². The molecule has 0 amide bonds. The van der Waals surface area contributed by atoms with E-state index in [1.54, 1.807) is 0 Å². The van der Waals surface area contributed by atoms with Crippen LogP contribution in [0, 0.1) is 6.92 Å². The average molecular weight is 270 g/mol. The summed E-state index contributed by atoms with van der Waals surface area (Å²) in [6, 6.07) is 0.561. The highest BCUT2D eigenvalue weighted by Crippen LogP contribution is 2.25. The van der Waals surface area contributed by atoms with Crippen molar-refractivity contribution >= 4 is 17.6 Å². The first-order valence-electron chi connectivity index (χ1n) is 6.45. The van der Waals surface area contributed by atoms with E-state index in [-0.39, 0.29) is 0 Å². The normalized spacial score (nSPS) is 12.8. The van der Waals surface area contributed by atoms with Crippen molar-refractivity contribution in [3.63, 3.8) is 0 Å². The molecule has 0 fully saturated rings. The maximum Gasteiger partial charge on any atom is 0.131 e. The van der Waals surface area contributed by atoms with Crippen LogP contribution in [0.1, 0.15) is 24.6 Å². The van der Waals surface area contributed by atoms with Gasteiger partial charge in [0.15, 0.2) is 0 Å². The van der Waals surface area contributed by atoms with Crippen LogP contribution in [0.2, 0.25) is 0 Å². The molecule has 1 aromatic rings. The Kier molecular flexibility index (Phi) is 6.02. The van der Waals surface area contributed by atoms with Crippen molar-refractivity contribution in [3.05, 3.63) is 11.3 Å². The number of rotatable bonds is 7. The quantitative estimate of drug-likeness (QED) is 0.822. The number of aryl methyl sites for hydroxylation is 2. The van der Waals surface area contributed by atoms with E-state index in [1.165, 1.54) is 11.4 Å². The first kappa shape index (κ1) is 15.4. The van der Waals surface area contributed by atoms with Crippen molar-refractivity contribution < 1.29 is 0 Å². The molecular weight excluding hydrogens is 244 g/mol. The second-order valence-corrected chi connectivity index (χ2v) is 5.58. The Morgan fingerprint density at radius 3 is 2.67 bits per heavy atom. The van der Waals surface area contributed by atoms with Crippen LogP contribution in [0.15, 0.2) is 0 Å². The van der Waals surface area contributed by atoms with Gasteiger partial charge in [-0.3, -0.25) is 4.68 Å². The largest absolute Gasteiger partial charge is 0.356 e. The molecule has 4 nitrogen and oxygen atoms in total. The third-order valence-electron chi connectivity index (χ3n) is 3.38. The molecule has 0 bridgehead atoms. The van der Waals surface area contributed by atoms with E-state index < -0.39 is 0 Å². The fourth-order valence-corrected chi connectivity index (χ4v) is 3.23. The summed E-state index contributed by atoms with van der Waals surface area (Å²) in [5.74, 6) is 2.39. The minimum Gasteiger partial charge on any atom is -0.356 e. The Hall–Kier alpha value is -0.680. The summed E-state index contributed by atoms with van der Waals surface area (Å²) in [6.45, 7) is 5.20. The zero-order chi connectivity index (χ0) is 13.7. The Balaban J connectivity index is 3.06. The fourth-order valence-electron chi connectivity index (χ4n) is 2.38. The smallest absolute Gasteiger partial charge is 0.131 e. The molecular formula is C13H26N4S. The average Bonchev–Trinajstić information content (AvgIpc) is 2.61. The highest BCUT2D eigenvalue weighted by molar-refractivity contribution is 7.98. The number of hydrogen-bond donors (Lipinski definition) is 1. The molecule has 0 radical (unpaired) electrons. The fraction of sp³-hybridized carbons (Fsp3) is 0.769. The lowest BCUT2D eigenvalue weighted by molar-refractivity contribution is 0.633. The van der Waals surface area contributed by atoms with Crippen LogP contribution in [0.4, 0.5) is 5.82 Å². The Morgan fingerprint density at radius 2 is 2.17 bits per heavy atom. The van der Waals surface area contributed by atoms with E-state index in [1.807, 2.05) is 30.5 Å². The molecule has 0 aromatic carbocycles. The lowest BCUT2D eigenvalue weighted by Gasteiger charge is -2.29. The summed E-state index contributed by atoms with van der Waals surface area (Å²) in [5, 5.41) is 7.79. The number of nitrogens with zero attached hydrogens (tertiary/aromatic N) is 3. The summed E-state index contributed by atoms with van der Waals surface area (Å²) in [6.07, 6.45) is 3.32. The Bertz CT molecular complexity index is 375. The zero-order valence-electron chi connectivity index (χ0n) is 12.4. The van der Waals surface area contributed by atoms with E-state index in [4.69, 9.17) is 0 Å². The van der Waals surface area contributed by atoms with Crippen molar-refractivity contribution in [1.82, 2.24) is 15.1 Å². The SMILES string of the molecule is CCC(CSC)N(C)c1c(CNC)c(C)nn1C. The molecule has 1 N–H and O–H groups in total. The zero-order valence-corrected chi connectivity index (χ0v) is 13.3. The van der Waals surface area contributed by atoms with E-state index in [9.17, 15) is 0 Å². The summed E-state index contributed by atoms with van der Waals surface area (Å²) < 4.78 is 2.00. The number of anilines is 1. The summed E-state index contributed by atoms with van der Waals surface area (Å²) in [5.41, 5.74) is 2.43. The summed E-state index contributed by atoms with van der Waals surface area (Å²) in [4.78, 5) is 2.38. The second kappa shape index (κ2) is 7.04. The van der Waals surface area contributed by atoms with Crippen LogP contribution in [-0.2, 0) is 13.6 Å². The van der Waals surface area contributed by atoms with Gasteiger partial charge < -0.3 is 10.2 Å². The van der Waals surface area contributed by atoms with Crippen LogP contribution >= 0.6 is 11.8 Å². The molecule has 1 unspecified atom stereocenters. The minimum absolute atomic E-state index is 0.561. The van der Waals surface area contributed by atoms with Gasteiger partial charge in [0.05, 0.1) is 5.69 Å². The maximum atomic E-state index is 4.56.